The molecule has 3 atom stereocenters. The van der Waals surface area contributed by atoms with Crippen molar-refractivity contribution in [1.82, 2.24) is 10.2 Å². The monoisotopic (exact) mass is 238 g/mol. The molecule has 17 heavy (non-hydrogen) atoms. The largest absolute Gasteiger partial charge is 0.336 e. The van der Waals surface area contributed by atoms with E-state index in [4.69, 9.17) is 0 Å². The summed E-state index contributed by atoms with van der Waals surface area (Å²) < 4.78 is 0. The van der Waals surface area contributed by atoms with Crippen LogP contribution in [0.3, 0.4) is 0 Å². The van der Waals surface area contributed by atoms with Crippen LogP contribution >= 0.6 is 0 Å². The lowest BCUT2D eigenvalue weighted by atomic mass is 9.94. The van der Waals surface area contributed by atoms with Crippen molar-refractivity contribution in [2.24, 2.45) is 0 Å². The van der Waals surface area contributed by atoms with Crippen molar-refractivity contribution in [1.29, 1.82) is 0 Å². The van der Waals surface area contributed by atoms with E-state index in [9.17, 15) is 4.79 Å². The number of fused-ring (bicyclic) bond motifs is 1. The van der Waals surface area contributed by atoms with Gasteiger partial charge in [-0.3, -0.25) is 4.79 Å². The van der Waals surface area contributed by atoms with Crippen molar-refractivity contribution < 1.29 is 4.79 Å². The maximum absolute atomic E-state index is 12.6. The number of amides is 1. The van der Waals surface area contributed by atoms with Crippen LogP contribution in [0.2, 0.25) is 0 Å². The Morgan fingerprint density at radius 3 is 2.47 bits per heavy atom. The molecule has 2 aliphatic heterocycles. The molecule has 0 aromatic rings. The van der Waals surface area contributed by atoms with Gasteiger partial charge in [0.1, 0.15) is 0 Å². The van der Waals surface area contributed by atoms with Gasteiger partial charge in [-0.1, -0.05) is 13.8 Å². The van der Waals surface area contributed by atoms with Crippen molar-refractivity contribution in [3.63, 3.8) is 0 Å². The van der Waals surface area contributed by atoms with Crippen LogP contribution < -0.4 is 5.32 Å². The Hall–Kier alpha value is -0.570. The summed E-state index contributed by atoms with van der Waals surface area (Å²) in [6, 6.07) is 1.40. The molecule has 0 aromatic carbocycles. The fraction of sp³-hybridized carbons (Fsp3) is 0.929. The molecule has 0 radical (unpaired) electrons. The van der Waals surface area contributed by atoms with Crippen molar-refractivity contribution in [3.05, 3.63) is 0 Å². The highest BCUT2D eigenvalue weighted by Gasteiger charge is 2.37. The molecule has 1 amide bonds. The number of piperidine rings is 1. The molecule has 2 rings (SSSR count). The Bertz CT molecular complexity index is 277. The van der Waals surface area contributed by atoms with Crippen LogP contribution in [-0.4, -0.2) is 35.0 Å². The van der Waals surface area contributed by atoms with Crippen LogP contribution in [-0.2, 0) is 4.79 Å². The summed E-state index contributed by atoms with van der Waals surface area (Å²) in [6.07, 6.45) is 7.08. The Balaban J connectivity index is 2.11. The Morgan fingerprint density at radius 1 is 1.18 bits per heavy atom. The molecule has 3 heteroatoms. The zero-order valence-corrected chi connectivity index (χ0v) is 11.4. The number of nitrogens with zero attached hydrogens (tertiary/aromatic N) is 1. The Morgan fingerprint density at radius 2 is 1.82 bits per heavy atom. The van der Waals surface area contributed by atoms with Crippen molar-refractivity contribution in [2.75, 3.05) is 0 Å². The highest BCUT2D eigenvalue weighted by Crippen LogP contribution is 2.30. The van der Waals surface area contributed by atoms with E-state index in [0.717, 1.165) is 6.42 Å². The van der Waals surface area contributed by atoms with Gasteiger partial charge in [0.2, 0.25) is 5.91 Å². The smallest absolute Gasteiger partial charge is 0.240 e. The minimum atomic E-state index is 0.0561. The zero-order chi connectivity index (χ0) is 12.4. The summed E-state index contributed by atoms with van der Waals surface area (Å²) in [7, 11) is 0. The first-order valence-corrected chi connectivity index (χ1v) is 7.18. The molecule has 2 aliphatic rings. The number of nitrogens with one attached hydrogen (secondary N) is 1. The van der Waals surface area contributed by atoms with E-state index in [0.29, 0.717) is 24.0 Å². The van der Waals surface area contributed by atoms with Gasteiger partial charge in [-0.15, -0.1) is 0 Å². The predicted molar refractivity (Wildman–Crippen MR) is 69.9 cm³/mol. The third-order valence-corrected chi connectivity index (χ3v) is 4.14. The molecule has 1 unspecified atom stereocenters. The Labute approximate surface area is 105 Å². The lowest BCUT2D eigenvalue weighted by Crippen LogP contribution is -2.54. The second-order valence-electron chi connectivity index (χ2n) is 5.98. The van der Waals surface area contributed by atoms with E-state index in [-0.39, 0.29) is 6.04 Å². The first-order valence-electron chi connectivity index (χ1n) is 7.18. The van der Waals surface area contributed by atoms with Gasteiger partial charge in [0.15, 0.2) is 0 Å². The quantitative estimate of drug-likeness (QED) is 0.800. The van der Waals surface area contributed by atoms with E-state index in [1.165, 1.54) is 32.1 Å². The maximum Gasteiger partial charge on any atom is 0.240 e. The van der Waals surface area contributed by atoms with Crippen LogP contribution in [0, 0.1) is 0 Å². The second-order valence-corrected chi connectivity index (χ2v) is 5.98. The van der Waals surface area contributed by atoms with Gasteiger partial charge in [-0.25, -0.2) is 0 Å². The predicted octanol–water partition coefficient (Wildman–Crippen LogP) is 2.31. The summed E-state index contributed by atoms with van der Waals surface area (Å²) in [5.41, 5.74) is 0. The highest BCUT2D eigenvalue weighted by molar-refractivity contribution is 5.83. The van der Waals surface area contributed by atoms with Crippen molar-refractivity contribution in [2.45, 2.75) is 83.5 Å². The lowest BCUT2D eigenvalue weighted by Gasteiger charge is -2.41. The average molecular weight is 238 g/mol. The molecule has 0 saturated carbocycles. The molecule has 2 fully saturated rings. The third-order valence-electron chi connectivity index (χ3n) is 4.14. The molecule has 1 N–H and O–H groups in total. The molecule has 0 aromatic heterocycles. The number of hydrogen-bond donors (Lipinski definition) is 1. The summed E-state index contributed by atoms with van der Waals surface area (Å²) in [6.45, 7) is 6.45. The van der Waals surface area contributed by atoms with Gasteiger partial charge < -0.3 is 10.2 Å². The number of hydrogen-bond acceptors (Lipinski definition) is 2. The first-order chi connectivity index (χ1) is 8.09. The summed E-state index contributed by atoms with van der Waals surface area (Å²) in [5.74, 6) is 0.355. The molecule has 98 valence electrons. The van der Waals surface area contributed by atoms with Crippen LogP contribution in [0.1, 0.15) is 59.3 Å². The van der Waals surface area contributed by atoms with Crippen molar-refractivity contribution in [3.8, 4) is 0 Å². The molecule has 0 aliphatic carbocycles. The molecule has 3 nitrogen and oxygen atoms in total. The van der Waals surface area contributed by atoms with E-state index in [1.807, 2.05) is 0 Å². The minimum absolute atomic E-state index is 0.0561. The summed E-state index contributed by atoms with van der Waals surface area (Å²) in [4.78, 5) is 14.8. The lowest BCUT2D eigenvalue weighted by molar-refractivity contribution is -0.139. The van der Waals surface area contributed by atoms with E-state index >= 15 is 0 Å². The van der Waals surface area contributed by atoms with Crippen LogP contribution in [0.4, 0.5) is 0 Å². The van der Waals surface area contributed by atoms with Crippen molar-refractivity contribution >= 4 is 5.91 Å². The van der Waals surface area contributed by atoms with Gasteiger partial charge in [-0.2, -0.15) is 0 Å². The fourth-order valence-corrected chi connectivity index (χ4v) is 3.39. The van der Waals surface area contributed by atoms with Crippen LogP contribution in [0.5, 0.6) is 0 Å². The zero-order valence-electron chi connectivity index (χ0n) is 11.4. The number of carbonyl (C=O) groups is 1. The molecular formula is C14H26N2O. The standard InChI is InChI=1S/C14H26N2O/c1-10(2)15-13-9-5-8-12-7-4-6-11(3)16(12)14(13)17/h10-13,15H,4-9H2,1-3H3/t11-,12?,13+/m1/s1. The number of carbonyl (C=O) groups excluding carboxylic acids is 1. The van der Waals surface area contributed by atoms with Crippen LogP contribution in [0.15, 0.2) is 0 Å². The topological polar surface area (TPSA) is 32.3 Å². The van der Waals surface area contributed by atoms with E-state index in [1.54, 1.807) is 0 Å². The third kappa shape index (κ3) is 2.82. The summed E-state index contributed by atoms with van der Waals surface area (Å²) in [5, 5.41) is 3.43. The van der Waals surface area contributed by atoms with Crippen LogP contribution in [0.25, 0.3) is 0 Å². The molecule has 2 heterocycles. The highest BCUT2D eigenvalue weighted by atomic mass is 16.2. The SMILES string of the molecule is CC(C)N[C@H]1CCCC2CCC[C@@H](C)N2C1=O. The number of rotatable bonds is 2. The minimum Gasteiger partial charge on any atom is -0.336 e. The van der Waals surface area contributed by atoms with E-state index in [2.05, 4.69) is 31.0 Å². The molecule has 2 saturated heterocycles. The van der Waals surface area contributed by atoms with Gasteiger partial charge >= 0.3 is 0 Å². The molecular weight excluding hydrogens is 212 g/mol. The average Bonchev–Trinajstić information content (AvgIpc) is 2.40. The second kappa shape index (κ2) is 5.38. The maximum atomic E-state index is 12.6. The summed E-state index contributed by atoms with van der Waals surface area (Å²) >= 11 is 0. The van der Waals surface area contributed by atoms with Gasteiger partial charge in [0.05, 0.1) is 6.04 Å². The first kappa shape index (κ1) is 12.9. The molecule has 0 bridgehead atoms. The Kier molecular flexibility index (Phi) is 4.08. The van der Waals surface area contributed by atoms with E-state index < -0.39 is 0 Å². The fourth-order valence-electron chi connectivity index (χ4n) is 3.39. The van der Waals surface area contributed by atoms with Gasteiger partial charge in [0, 0.05) is 18.1 Å². The molecule has 0 spiro atoms. The van der Waals surface area contributed by atoms with Gasteiger partial charge in [-0.05, 0) is 45.4 Å². The van der Waals surface area contributed by atoms with Gasteiger partial charge in [0.25, 0.3) is 0 Å². The normalized spacial score (nSPS) is 34.7.